The number of amides is 1. The minimum Gasteiger partial charge on any atom is -0.481 e. The number of aliphatic carboxylic acids is 1. The number of carboxylic acid groups (broad SMARTS) is 1. The summed E-state index contributed by atoms with van der Waals surface area (Å²) in [4.78, 5) is 28.6. The van der Waals surface area contributed by atoms with Crippen LogP contribution < -0.4 is 4.90 Å². The summed E-state index contributed by atoms with van der Waals surface area (Å²) in [5, 5.41) is 10.2. The predicted octanol–water partition coefficient (Wildman–Crippen LogP) is 1.95. The fourth-order valence-corrected chi connectivity index (χ4v) is 4.36. The van der Waals surface area contributed by atoms with Crippen LogP contribution in [0.15, 0.2) is 30.4 Å². The van der Waals surface area contributed by atoms with Crippen LogP contribution in [0.2, 0.25) is 5.02 Å². The van der Waals surface area contributed by atoms with Gasteiger partial charge in [0, 0.05) is 36.9 Å². The fraction of sp³-hybridized carbons (Fsp3) is 0.474. The van der Waals surface area contributed by atoms with Crippen LogP contribution in [0.25, 0.3) is 0 Å². The van der Waals surface area contributed by atoms with Gasteiger partial charge in [-0.2, -0.15) is 0 Å². The Balaban J connectivity index is 1.45. The number of hydrogen-bond acceptors (Lipinski definition) is 4. The van der Waals surface area contributed by atoms with Crippen molar-refractivity contribution in [3.05, 3.63) is 40.9 Å². The molecule has 1 aromatic carbocycles. The zero-order valence-corrected chi connectivity index (χ0v) is 15.2. The van der Waals surface area contributed by atoms with Crippen LogP contribution in [0, 0.1) is 18.8 Å². The zero-order valence-electron chi connectivity index (χ0n) is 14.5. The van der Waals surface area contributed by atoms with Crippen molar-refractivity contribution in [1.82, 2.24) is 4.90 Å². The Labute approximate surface area is 157 Å². The van der Waals surface area contributed by atoms with E-state index in [0.29, 0.717) is 31.2 Å². The topological polar surface area (TPSA) is 70.1 Å². The fourth-order valence-electron chi connectivity index (χ4n) is 4.20. The van der Waals surface area contributed by atoms with Crippen molar-refractivity contribution >= 4 is 29.2 Å². The van der Waals surface area contributed by atoms with Crippen molar-refractivity contribution in [1.29, 1.82) is 0 Å². The summed E-state index contributed by atoms with van der Waals surface area (Å²) in [6.07, 6.45) is 2.68. The molecular weight excluding hydrogens is 356 g/mol. The number of rotatable bonds is 3. The van der Waals surface area contributed by atoms with Gasteiger partial charge in [0.1, 0.15) is 5.92 Å². The van der Waals surface area contributed by atoms with Crippen LogP contribution in [0.4, 0.5) is 5.69 Å². The van der Waals surface area contributed by atoms with E-state index in [4.69, 9.17) is 16.3 Å². The molecule has 0 unspecified atom stereocenters. The standard InChI is InChI=1S/C19H21ClN2O4/c1-11-2-3-12(20)10-13(11)21-6-8-22(9-7-21)18(23)16-14-4-5-15(26-14)17(16)19(24)25/h2-5,10,14-17H,6-9H2,1H3,(H,24,25)/t14-,15+,16+,17-/m0/s1. The number of anilines is 1. The highest BCUT2D eigenvalue weighted by atomic mass is 35.5. The Kier molecular flexibility index (Phi) is 4.40. The Morgan fingerprint density at radius 3 is 2.42 bits per heavy atom. The molecule has 0 aliphatic carbocycles. The van der Waals surface area contributed by atoms with E-state index in [1.54, 1.807) is 11.0 Å². The maximum atomic E-state index is 13.0. The Hall–Kier alpha value is -2.05. The lowest BCUT2D eigenvalue weighted by Crippen LogP contribution is -2.53. The van der Waals surface area contributed by atoms with Gasteiger partial charge in [-0.15, -0.1) is 0 Å². The van der Waals surface area contributed by atoms with E-state index in [2.05, 4.69) is 4.90 Å². The van der Waals surface area contributed by atoms with Gasteiger partial charge in [-0.05, 0) is 24.6 Å². The van der Waals surface area contributed by atoms with Crippen molar-refractivity contribution in [3.63, 3.8) is 0 Å². The van der Waals surface area contributed by atoms with Gasteiger partial charge in [-0.1, -0.05) is 29.8 Å². The quantitative estimate of drug-likeness (QED) is 0.816. The summed E-state index contributed by atoms with van der Waals surface area (Å²) in [6.45, 7) is 4.56. The molecule has 1 aromatic rings. The molecule has 0 aromatic heterocycles. The number of benzene rings is 1. The van der Waals surface area contributed by atoms with Crippen molar-refractivity contribution < 1.29 is 19.4 Å². The number of carbonyl (C=O) groups excluding carboxylic acids is 1. The average molecular weight is 377 g/mol. The Morgan fingerprint density at radius 1 is 1.12 bits per heavy atom. The molecule has 7 heteroatoms. The summed E-state index contributed by atoms with van der Waals surface area (Å²) < 4.78 is 5.63. The molecule has 3 aliphatic heterocycles. The number of hydrogen-bond donors (Lipinski definition) is 1. The van der Waals surface area contributed by atoms with Gasteiger partial charge in [0.25, 0.3) is 0 Å². The summed E-state index contributed by atoms with van der Waals surface area (Å²) >= 11 is 6.12. The number of nitrogens with zero attached hydrogens (tertiary/aromatic N) is 2. The Morgan fingerprint density at radius 2 is 1.77 bits per heavy atom. The van der Waals surface area contributed by atoms with Gasteiger partial charge in [-0.25, -0.2) is 0 Å². The predicted molar refractivity (Wildman–Crippen MR) is 97.4 cm³/mol. The highest BCUT2D eigenvalue weighted by molar-refractivity contribution is 6.30. The molecule has 0 radical (unpaired) electrons. The Bertz CT molecular complexity index is 773. The van der Waals surface area contributed by atoms with Crippen LogP contribution in [0.5, 0.6) is 0 Å². The first-order valence-electron chi connectivity index (χ1n) is 8.82. The molecule has 3 aliphatic rings. The first kappa shape index (κ1) is 17.4. The smallest absolute Gasteiger partial charge is 0.310 e. The van der Waals surface area contributed by atoms with Crippen molar-refractivity contribution in [2.24, 2.45) is 11.8 Å². The monoisotopic (exact) mass is 376 g/mol. The minimum atomic E-state index is -0.964. The second-order valence-electron chi connectivity index (χ2n) is 7.08. The number of ether oxygens (including phenoxy) is 1. The third kappa shape index (κ3) is 2.87. The van der Waals surface area contributed by atoms with E-state index in [0.717, 1.165) is 11.3 Å². The van der Waals surface area contributed by atoms with E-state index in [-0.39, 0.29) is 5.91 Å². The van der Waals surface area contributed by atoms with Gasteiger partial charge in [0.05, 0.1) is 18.1 Å². The minimum absolute atomic E-state index is 0.114. The van der Waals surface area contributed by atoms with Crippen LogP contribution in [0.1, 0.15) is 5.56 Å². The lowest BCUT2D eigenvalue weighted by molar-refractivity contribution is -0.149. The molecule has 2 fully saturated rings. The number of carboxylic acids is 1. The lowest BCUT2D eigenvalue weighted by Gasteiger charge is -2.38. The SMILES string of the molecule is Cc1ccc(Cl)cc1N1CCN(C(=O)[C@H]2[C@@H](C(=O)O)[C@H]3C=C[C@@H]2O3)CC1. The molecule has 3 heterocycles. The molecule has 0 spiro atoms. The summed E-state index contributed by atoms with van der Waals surface area (Å²) in [6, 6.07) is 5.81. The maximum absolute atomic E-state index is 13.0. The second kappa shape index (κ2) is 6.59. The normalized spacial score (nSPS) is 30.1. The highest BCUT2D eigenvalue weighted by Crippen LogP contribution is 2.40. The lowest BCUT2D eigenvalue weighted by atomic mass is 9.82. The summed E-state index contributed by atoms with van der Waals surface area (Å²) in [7, 11) is 0. The first-order chi connectivity index (χ1) is 12.5. The molecule has 2 saturated heterocycles. The molecule has 138 valence electrons. The van der Waals surface area contributed by atoms with E-state index >= 15 is 0 Å². The molecule has 4 atom stereocenters. The van der Waals surface area contributed by atoms with E-state index in [1.807, 2.05) is 31.2 Å². The first-order valence-corrected chi connectivity index (χ1v) is 9.20. The number of piperazine rings is 1. The molecular formula is C19H21ClN2O4. The van der Waals surface area contributed by atoms with Gasteiger partial charge >= 0.3 is 5.97 Å². The molecule has 4 rings (SSSR count). The number of carbonyl (C=O) groups is 2. The highest BCUT2D eigenvalue weighted by Gasteiger charge is 2.54. The zero-order chi connectivity index (χ0) is 18.4. The molecule has 1 N–H and O–H groups in total. The summed E-state index contributed by atoms with van der Waals surface area (Å²) in [5.74, 6) is -2.49. The van der Waals surface area contributed by atoms with Gasteiger partial charge in [0.15, 0.2) is 0 Å². The van der Waals surface area contributed by atoms with Crippen LogP contribution in [-0.2, 0) is 14.3 Å². The number of fused-ring (bicyclic) bond motifs is 2. The largest absolute Gasteiger partial charge is 0.481 e. The van der Waals surface area contributed by atoms with Gasteiger partial charge in [0.2, 0.25) is 5.91 Å². The third-order valence-electron chi connectivity index (χ3n) is 5.57. The molecule has 2 bridgehead atoms. The van der Waals surface area contributed by atoms with Gasteiger partial charge in [-0.3, -0.25) is 9.59 Å². The van der Waals surface area contributed by atoms with Crippen LogP contribution >= 0.6 is 11.6 Å². The number of halogens is 1. The van der Waals surface area contributed by atoms with Crippen molar-refractivity contribution in [2.45, 2.75) is 19.1 Å². The van der Waals surface area contributed by atoms with E-state index in [9.17, 15) is 14.7 Å². The molecule has 26 heavy (non-hydrogen) atoms. The van der Waals surface area contributed by atoms with Crippen molar-refractivity contribution in [3.8, 4) is 0 Å². The van der Waals surface area contributed by atoms with Gasteiger partial charge < -0.3 is 19.6 Å². The van der Waals surface area contributed by atoms with Crippen LogP contribution in [-0.4, -0.2) is 60.3 Å². The van der Waals surface area contributed by atoms with E-state index in [1.165, 1.54) is 0 Å². The molecule has 0 saturated carbocycles. The number of aryl methyl sites for hydroxylation is 1. The third-order valence-corrected chi connectivity index (χ3v) is 5.81. The average Bonchev–Trinajstić information content (AvgIpc) is 3.24. The molecule has 1 amide bonds. The maximum Gasteiger partial charge on any atom is 0.310 e. The summed E-state index contributed by atoms with van der Waals surface area (Å²) in [5.41, 5.74) is 2.23. The van der Waals surface area contributed by atoms with Crippen LogP contribution in [0.3, 0.4) is 0 Å². The van der Waals surface area contributed by atoms with E-state index < -0.39 is 30.0 Å². The molecule has 6 nitrogen and oxygen atoms in total. The van der Waals surface area contributed by atoms with Crippen molar-refractivity contribution in [2.75, 3.05) is 31.1 Å². The second-order valence-corrected chi connectivity index (χ2v) is 7.52.